The van der Waals surface area contributed by atoms with Gasteiger partial charge in [0, 0.05) is 25.1 Å². The minimum atomic E-state index is -0.908. The number of amides is 1. The van der Waals surface area contributed by atoms with Crippen LogP contribution < -0.4 is 10.1 Å². The molecule has 6 nitrogen and oxygen atoms in total. The highest BCUT2D eigenvalue weighted by Crippen LogP contribution is 2.15. The van der Waals surface area contributed by atoms with Gasteiger partial charge in [-0.2, -0.15) is 0 Å². The van der Waals surface area contributed by atoms with E-state index in [1.165, 1.54) is 13.3 Å². The van der Waals surface area contributed by atoms with E-state index in [2.05, 4.69) is 10.3 Å². The molecule has 18 heavy (non-hydrogen) atoms. The zero-order chi connectivity index (χ0) is 13.5. The summed E-state index contributed by atoms with van der Waals surface area (Å²) in [6, 6.07) is 3.27. The Kier molecular flexibility index (Phi) is 5.10. The van der Waals surface area contributed by atoms with Crippen molar-refractivity contribution in [1.82, 2.24) is 4.98 Å². The van der Waals surface area contributed by atoms with E-state index in [0.29, 0.717) is 11.6 Å². The number of carbonyl (C=O) groups is 2. The number of aliphatic carboxylic acids is 1. The molecule has 1 aromatic heterocycles. The van der Waals surface area contributed by atoms with Gasteiger partial charge in [-0.15, -0.1) is 0 Å². The highest BCUT2D eigenvalue weighted by molar-refractivity contribution is 5.90. The van der Waals surface area contributed by atoms with Crippen LogP contribution >= 0.6 is 0 Å². The molecule has 1 unspecified atom stereocenters. The van der Waals surface area contributed by atoms with Crippen molar-refractivity contribution in [3.05, 3.63) is 18.3 Å². The second-order valence-corrected chi connectivity index (χ2v) is 4.04. The topological polar surface area (TPSA) is 88.5 Å². The van der Waals surface area contributed by atoms with E-state index in [9.17, 15) is 9.59 Å². The number of methoxy groups -OCH3 is 1. The number of carbonyl (C=O) groups excluding carboxylic acids is 1. The quantitative estimate of drug-likeness (QED) is 0.801. The maximum atomic E-state index is 11.6. The van der Waals surface area contributed by atoms with Gasteiger partial charge in [0.1, 0.15) is 11.6 Å². The van der Waals surface area contributed by atoms with Gasteiger partial charge in [-0.3, -0.25) is 9.59 Å². The summed E-state index contributed by atoms with van der Waals surface area (Å²) in [5, 5.41) is 11.2. The van der Waals surface area contributed by atoms with Gasteiger partial charge < -0.3 is 15.2 Å². The van der Waals surface area contributed by atoms with Crippen molar-refractivity contribution in [3.63, 3.8) is 0 Å². The van der Waals surface area contributed by atoms with Crippen molar-refractivity contribution in [3.8, 4) is 5.75 Å². The van der Waals surface area contributed by atoms with E-state index in [4.69, 9.17) is 9.84 Å². The fourth-order valence-corrected chi connectivity index (χ4v) is 1.49. The Balaban J connectivity index is 2.51. The van der Waals surface area contributed by atoms with Crippen molar-refractivity contribution >= 4 is 17.7 Å². The number of ether oxygens (including phenoxy) is 1. The van der Waals surface area contributed by atoms with E-state index in [1.807, 2.05) is 0 Å². The van der Waals surface area contributed by atoms with Gasteiger partial charge in [-0.25, -0.2) is 4.98 Å². The zero-order valence-electron chi connectivity index (χ0n) is 10.3. The Hall–Kier alpha value is -2.11. The number of nitrogens with zero attached hydrogens (tertiary/aromatic N) is 1. The van der Waals surface area contributed by atoms with Crippen molar-refractivity contribution in [1.29, 1.82) is 0 Å². The minimum Gasteiger partial charge on any atom is -0.497 e. The predicted octanol–water partition coefficient (Wildman–Crippen LogP) is 1.53. The molecule has 2 N–H and O–H groups in total. The molecular weight excluding hydrogens is 236 g/mol. The summed E-state index contributed by atoms with van der Waals surface area (Å²) >= 11 is 0. The van der Waals surface area contributed by atoms with E-state index < -0.39 is 5.97 Å². The van der Waals surface area contributed by atoms with Gasteiger partial charge >= 0.3 is 5.97 Å². The van der Waals surface area contributed by atoms with Crippen LogP contribution in [0.4, 0.5) is 5.82 Å². The van der Waals surface area contributed by atoms with Gasteiger partial charge in [0.15, 0.2) is 0 Å². The third-order valence-electron chi connectivity index (χ3n) is 2.29. The SMILES string of the molecule is COc1ccnc(NC(=O)CC(C)CC(=O)O)c1. The second kappa shape index (κ2) is 6.58. The first-order chi connectivity index (χ1) is 8.51. The number of pyridine rings is 1. The van der Waals surface area contributed by atoms with Crippen molar-refractivity contribution in [2.24, 2.45) is 5.92 Å². The van der Waals surface area contributed by atoms with Gasteiger partial charge in [-0.1, -0.05) is 6.92 Å². The summed E-state index contributed by atoms with van der Waals surface area (Å²) in [6.45, 7) is 1.71. The average molecular weight is 252 g/mol. The van der Waals surface area contributed by atoms with Crippen LogP contribution in [0.15, 0.2) is 18.3 Å². The summed E-state index contributed by atoms with van der Waals surface area (Å²) in [5.74, 6) is -0.395. The summed E-state index contributed by atoms with van der Waals surface area (Å²) in [7, 11) is 1.52. The molecule has 1 atom stereocenters. The molecule has 1 amide bonds. The van der Waals surface area contributed by atoms with Crippen LogP contribution in [0.5, 0.6) is 5.75 Å². The molecule has 0 saturated carbocycles. The number of nitrogens with one attached hydrogen (secondary N) is 1. The number of hydrogen-bond acceptors (Lipinski definition) is 4. The lowest BCUT2D eigenvalue weighted by molar-refractivity contribution is -0.138. The molecule has 0 bridgehead atoms. The predicted molar refractivity (Wildman–Crippen MR) is 65.5 cm³/mol. The minimum absolute atomic E-state index is 0.0288. The number of anilines is 1. The van der Waals surface area contributed by atoms with Gasteiger partial charge in [0.2, 0.25) is 5.91 Å². The lowest BCUT2D eigenvalue weighted by Gasteiger charge is -2.09. The molecule has 1 aromatic rings. The number of aromatic nitrogens is 1. The third-order valence-corrected chi connectivity index (χ3v) is 2.29. The largest absolute Gasteiger partial charge is 0.497 e. The molecule has 0 aliphatic carbocycles. The standard InChI is InChI=1S/C12H16N2O4/c1-8(6-12(16)17)5-11(15)14-10-7-9(18-2)3-4-13-10/h3-4,7-8H,5-6H2,1-2H3,(H,16,17)(H,13,14,15). The summed E-state index contributed by atoms with van der Waals surface area (Å²) in [6.07, 6.45) is 1.64. The fraction of sp³-hybridized carbons (Fsp3) is 0.417. The number of rotatable bonds is 6. The van der Waals surface area contributed by atoms with E-state index in [-0.39, 0.29) is 24.7 Å². The molecule has 98 valence electrons. The molecule has 0 aromatic carbocycles. The first kappa shape index (κ1) is 14.0. The Morgan fingerprint density at radius 2 is 2.22 bits per heavy atom. The molecule has 0 fully saturated rings. The normalized spacial score (nSPS) is 11.7. The van der Waals surface area contributed by atoms with Crippen LogP contribution in [0.1, 0.15) is 19.8 Å². The highest BCUT2D eigenvalue weighted by Gasteiger charge is 2.13. The molecule has 0 aliphatic rings. The first-order valence-electron chi connectivity index (χ1n) is 5.53. The molecule has 0 radical (unpaired) electrons. The monoisotopic (exact) mass is 252 g/mol. The van der Waals surface area contributed by atoms with Gasteiger partial charge in [0.25, 0.3) is 0 Å². The Morgan fingerprint density at radius 1 is 1.50 bits per heavy atom. The smallest absolute Gasteiger partial charge is 0.303 e. The molecule has 0 spiro atoms. The lowest BCUT2D eigenvalue weighted by Crippen LogP contribution is -2.17. The maximum Gasteiger partial charge on any atom is 0.303 e. The Bertz CT molecular complexity index is 434. The highest BCUT2D eigenvalue weighted by atomic mass is 16.5. The van der Waals surface area contributed by atoms with Crippen LogP contribution in [-0.4, -0.2) is 29.1 Å². The maximum absolute atomic E-state index is 11.6. The van der Waals surface area contributed by atoms with Gasteiger partial charge in [0.05, 0.1) is 7.11 Å². The lowest BCUT2D eigenvalue weighted by atomic mass is 10.0. The van der Waals surface area contributed by atoms with Crippen molar-refractivity contribution < 1.29 is 19.4 Å². The molecule has 0 saturated heterocycles. The van der Waals surface area contributed by atoms with E-state index in [0.717, 1.165) is 0 Å². The second-order valence-electron chi connectivity index (χ2n) is 4.04. The van der Waals surface area contributed by atoms with Crippen LogP contribution in [0.25, 0.3) is 0 Å². The molecule has 0 aliphatic heterocycles. The fourth-order valence-electron chi connectivity index (χ4n) is 1.49. The van der Waals surface area contributed by atoms with Crippen LogP contribution in [-0.2, 0) is 9.59 Å². The summed E-state index contributed by atoms with van der Waals surface area (Å²) in [5.41, 5.74) is 0. The van der Waals surface area contributed by atoms with Crippen molar-refractivity contribution in [2.75, 3.05) is 12.4 Å². The Labute approximate surface area is 105 Å². The van der Waals surface area contributed by atoms with Gasteiger partial charge in [-0.05, 0) is 12.0 Å². The van der Waals surface area contributed by atoms with Crippen molar-refractivity contribution in [2.45, 2.75) is 19.8 Å². The van der Waals surface area contributed by atoms with Crippen LogP contribution in [0, 0.1) is 5.92 Å². The summed E-state index contributed by atoms with van der Waals surface area (Å²) < 4.78 is 5.00. The first-order valence-corrected chi connectivity index (χ1v) is 5.53. The number of hydrogen-bond donors (Lipinski definition) is 2. The zero-order valence-corrected chi connectivity index (χ0v) is 10.3. The van der Waals surface area contributed by atoms with E-state index in [1.54, 1.807) is 19.1 Å². The number of carboxylic acid groups (broad SMARTS) is 1. The van der Waals surface area contributed by atoms with E-state index >= 15 is 0 Å². The average Bonchev–Trinajstić information content (AvgIpc) is 2.27. The number of carboxylic acids is 1. The molecule has 6 heteroatoms. The Morgan fingerprint density at radius 3 is 2.83 bits per heavy atom. The van der Waals surface area contributed by atoms with Crippen LogP contribution in [0.3, 0.4) is 0 Å². The molecule has 1 heterocycles. The molecular formula is C12H16N2O4. The molecule has 1 rings (SSSR count). The summed E-state index contributed by atoms with van der Waals surface area (Å²) in [4.78, 5) is 26.1. The third kappa shape index (κ3) is 4.82. The van der Waals surface area contributed by atoms with Crippen LogP contribution in [0.2, 0.25) is 0 Å².